The van der Waals surface area contributed by atoms with Crippen LogP contribution in [0.25, 0.3) is 10.9 Å². The Bertz CT molecular complexity index is 1120. The molecule has 7 nitrogen and oxygen atoms in total. The number of hydrogen-bond donors (Lipinski definition) is 2. The maximum atomic E-state index is 13.0. The molecule has 3 aromatic rings. The van der Waals surface area contributed by atoms with E-state index in [0.717, 1.165) is 15.4 Å². The van der Waals surface area contributed by atoms with Gasteiger partial charge in [0.1, 0.15) is 0 Å². The number of fused-ring (bicyclic) bond motifs is 1. The predicted octanol–water partition coefficient (Wildman–Crippen LogP) is 4.05. The van der Waals surface area contributed by atoms with E-state index < -0.39 is 24.1 Å². The zero-order valence-corrected chi connectivity index (χ0v) is 16.8. The Morgan fingerprint density at radius 3 is 2.62 bits per heavy atom. The van der Waals surface area contributed by atoms with Crippen LogP contribution in [-0.2, 0) is 4.74 Å². The molecule has 1 amide bonds. The van der Waals surface area contributed by atoms with Crippen LogP contribution in [0, 0.1) is 0 Å². The van der Waals surface area contributed by atoms with Crippen molar-refractivity contribution < 1.29 is 24.2 Å². The number of amides is 1. The van der Waals surface area contributed by atoms with Crippen LogP contribution < -0.4 is 0 Å². The second-order valence-corrected chi connectivity index (χ2v) is 7.66. The van der Waals surface area contributed by atoms with Gasteiger partial charge >= 0.3 is 11.9 Å². The first-order chi connectivity index (χ1) is 14.0. The van der Waals surface area contributed by atoms with Gasteiger partial charge in [0.05, 0.1) is 16.7 Å². The number of H-pyrrole nitrogens is 1. The Labute approximate surface area is 174 Å². The smallest absolute Gasteiger partial charge is 0.342 e. The van der Waals surface area contributed by atoms with Gasteiger partial charge in [0.2, 0.25) is 0 Å². The number of rotatable bonds is 4. The molecule has 0 unspecified atom stereocenters. The Hall–Kier alpha value is -3.13. The van der Waals surface area contributed by atoms with Gasteiger partial charge in [-0.15, -0.1) is 0 Å². The number of benzene rings is 2. The van der Waals surface area contributed by atoms with Crippen LogP contribution in [-0.4, -0.2) is 45.6 Å². The van der Waals surface area contributed by atoms with Crippen LogP contribution >= 0.6 is 15.9 Å². The second kappa shape index (κ2) is 7.71. The summed E-state index contributed by atoms with van der Waals surface area (Å²) >= 11 is 3.39. The quantitative estimate of drug-likeness (QED) is 0.576. The van der Waals surface area contributed by atoms with Gasteiger partial charge in [0.15, 0.2) is 6.23 Å². The summed E-state index contributed by atoms with van der Waals surface area (Å²) in [6.45, 7) is 0.393. The number of nitrogens with one attached hydrogen (secondary N) is 1. The average Bonchev–Trinajstić information content (AvgIpc) is 3.33. The van der Waals surface area contributed by atoms with Crippen molar-refractivity contribution in [3.05, 3.63) is 69.8 Å². The average molecular weight is 457 g/mol. The van der Waals surface area contributed by atoms with Gasteiger partial charge in [0, 0.05) is 34.5 Å². The van der Waals surface area contributed by atoms with Gasteiger partial charge in [0.25, 0.3) is 5.91 Å². The molecule has 1 aromatic heterocycles. The highest BCUT2D eigenvalue weighted by Gasteiger charge is 2.34. The molecule has 0 spiro atoms. The van der Waals surface area contributed by atoms with Gasteiger partial charge in [-0.2, -0.15) is 0 Å². The molecule has 1 aliphatic rings. The molecule has 2 heterocycles. The van der Waals surface area contributed by atoms with E-state index >= 15 is 0 Å². The minimum atomic E-state index is -1.17. The molecular weight excluding hydrogens is 440 g/mol. The number of ether oxygens (including phenoxy) is 1. The number of likely N-dealkylation sites (tertiary alicyclic amines) is 1. The van der Waals surface area contributed by atoms with Gasteiger partial charge in [-0.25, -0.2) is 9.59 Å². The Morgan fingerprint density at radius 1 is 1.10 bits per heavy atom. The third kappa shape index (κ3) is 3.63. The lowest BCUT2D eigenvalue weighted by Gasteiger charge is -2.25. The van der Waals surface area contributed by atoms with Crippen molar-refractivity contribution in [3.8, 4) is 0 Å². The molecule has 29 heavy (non-hydrogen) atoms. The van der Waals surface area contributed by atoms with E-state index in [1.54, 1.807) is 18.3 Å². The molecule has 1 fully saturated rings. The van der Waals surface area contributed by atoms with Crippen LogP contribution in [0.1, 0.15) is 43.9 Å². The SMILES string of the molecule is O=C(O)c1ccccc1C(=O)N1CCC[C@H]1OC(=O)c1c[nH]c2ccc(Br)cc12. The molecule has 2 N–H and O–H groups in total. The van der Waals surface area contributed by atoms with E-state index in [0.29, 0.717) is 24.9 Å². The highest BCUT2D eigenvalue weighted by molar-refractivity contribution is 9.10. The second-order valence-electron chi connectivity index (χ2n) is 6.74. The number of carboxylic acid groups (broad SMARTS) is 1. The highest BCUT2D eigenvalue weighted by atomic mass is 79.9. The normalized spacial score (nSPS) is 16.2. The van der Waals surface area contributed by atoms with Gasteiger partial charge in [-0.1, -0.05) is 28.1 Å². The maximum absolute atomic E-state index is 13.0. The number of aromatic carboxylic acids is 1. The minimum Gasteiger partial charge on any atom is -0.478 e. The van der Waals surface area contributed by atoms with E-state index in [9.17, 15) is 19.5 Å². The largest absolute Gasteiger partial charge is 0.478 e. The molecule has 2 aromatic carbocycles. The standard InChI is InChI=1S/C21H17BrN2O5/c22-12-7-8-17-15(10-12)16(11-23-17)21(28)29-18-6-3-9-24(18)19(25)13-4-1-2-5-14(13)20(26)27/h1-2,4-5,7-8,10-11,18,23H,3,6,9H2,(H,26,27)/t18-/m1/s1. The molecule has 0 saturated carbocycles. The third-order valence-corrected chi connectivity index (χ3v) is 5.45. The van der Waals surface area contributed by atoms with E-state index in [1.807, 2.05) is 18.2 Å². The molecule has 4 rings (SSSR count). The molecule has 0 bridgehead atoms. The van der Waals surface area contributed by atoms with Crippen molar-refractivity contribution in [2.45, 2.75) is 19.1 Å². The Morgan fingerprint density at radius 2 is 1.86 bits per heavy atom. The fraction of sp³-hybridized carbons (Fsp3) is 0.190. The highest BCUT2D eigenvalue weighted by Crippen LogP contribution is 2.27. The van der Waals surface area contributed by atoms with Crippen molar-refractivity contribution >= 4 is 44.7 Å². The van der Waals surface area contributed by atoms with Crippen LogP contribution in [0.2, 0.25) is 0 Å². The topological polar surface area (TPSA) is 99.7 Å². The summed E-state index contributed by atoms with van der Waals surface area (Å²) < 4.78 is 6.48. The van der Waals surface area contributed by atoms with Crippen LogP contribution in [0.4, 0.5) is 0 Å². The minimum absolute atomic E-state index is 0.0732. The number of aromatic nitrogens is 1. The molecule has 148 valence electrons. The van der Waals surface area contributed by atoms with E-state index in [1.165, 1.54) is 17.0 Å². The number of carbonyl (C=O) groups is 3. The monoisotopic (exact) mass is 456 g/mol. The molecule has 8 heteroatoms. The first-order valence-corrected chi connectivity index (χ1v) is 9.86. The molecule has 1 saturated heterocycles. The number of carboxylic acids is 1. The Balaban J connectivity index is 1.57. The predicted molar refractivity (Wildman–Crippen MR) is 109 cm³/mol. The maximum Gasteiger partial charge on any atom is 0.342 e. The molecular formula is C21H17BrN2O5. The summed E-state index contributed by atoms with van der Waals surface area (Å²) in [4.78, 5) is 41.6. The summed E-state index contributed by atoms with van der Waals surface area (Å²) in [7, 11) is 0. The fourth-order valence-corrected chi connectivity index (χ4v) is 3.91. The fourth-order valence-electron chi connectivity index (χ4n) is 3.55. The van der Waals surface area contributed by atoms with Crippen LogP contribution in [0.3, 0.4) is 0 Å². The summed E-state index contributed by atoms with van der Waals surface area (Å²) in [5.41, 5.74) is 1.19. The summed E-state index contributed by atoms with van der Waals surface area (Å²) in [5, 5.41) is 10.1. The molecule has 1 atom stereocenters. The van der Waals surface area contributed by atoms with Crippen LogP contribution in [0.15, 0.2) is 53.1 Å². The number of carbonyl (C=O) groups excluding carboxylic acids is 2. The molecule has 0 radical (unpaired) electrons. The molecule has 1 aliphatic heterocycles. The van der Waals surface area contributed by atoms with E-state index in [4.69, 9.17) is 4.74 Å². The number of halogens is 1. The van der Waals surface area contributed by atoms with Crippen molar-refractivity contribution in [2.24, 2.45) is 0 Å². The van der Waals surface area contributed by atoms with Crippen molar-refractivity contribution in [3.63, 3.8) is 0 Å². The lowest BCUT2D eigenvalue weighted by atomic mass is 10.1. The lowest BCUT2D eigenvalue weighted by molar-refractivity contribution is -0.00863. The van der Waals surface area contributed by atoms with Crippen LogP contribution in [0.5, 0.6) is 0 Å². The first-order valence-electron chi connectivity index (χ1n) is 9.06. The summed E-state index contributed by atoms with van der Waals surface area (Å²) in [6.07, 6.45) is 2.01. The van der Waals surface area contributed by atoms with Crippen molar-refractivity contribution in [1.29, 1.82) is 0 Å². The third-order valence-electron chi connectivity index (χ3n) is 4.95. The van der Waals surface area contributed by atoms with Crippen molar-refractivity contribution in [1.82, 2.24) is 9.88 Å². The zero-order chi connectivity index (χ0) is 20.5. The summed E-state index contributed by atoms with van der Waals surface area (Å²) in [5.74, 6) is -2.17. The number of aromatic amines is 1. The summed E-state index contributed by atoms with van der Waals surface area (Å²) in [6, 6.07) is 11.6. The van der Waals surface area contributed by atoms with Gasteiger partial charge < -0.3 is 19.7 Å². The van der Waals surface area contributed by atoms with E-state index in [-0.39, 0.29) is 11.1 Å². The van der Waals surface area contributed by atoms with Gasteiger partial charge in [-0.05, 0) is 36.8 Å². The van der Waals surface area contributed by atoms with E-state index in [2.05, 4.69) is 20.9 Å². The number of esters is 1. The number of hydrogen-bond acceptors (Lipinski definition) is 4. The number of nitrogens with zero attached hydrogens (tertiary/aromatic N) is 1. The lowest BCUT2D eigenvalue weighted by Crippen LogP contribution is -2.39. The Kier molecular flexibility index (Phi) is 5.10. The zero-order valence-electron chi connectivity index (χ0n) is 15.2. The van der Waals surface area contributed by atoms with Crippen molar-refractivity contribution in [2.75, 3.05) is 6.54 Å². The van der Waals surface area contributed by atoms with Gasteiger partial charge in [-0.3, -0.25) is 4.79 Å². The first kappa shape index (κ1) is 19.2. The molecule has 0 aliphatic carbocycles.